The summed E-state index contributed by atoms with van der Waals surface area (Å²) in [6.45, 7) is 5.18. The van der Waals surface area contributed by atoms with Gasteiger partial charge in [0.2, 0.25) is 0 Å². The molecule has 1 aromatic rings. The maximum Gasteiger partial charge on any atom is 0.317 e. The highest BCUT2D eigenvalue weighted by atomic mass is 32.3. The number of nitrogens with zero attached hydrogens (tertiary/aromatic N) is 3. The number of nitrogens with one attached hydrogen (secondary N) is 1. The summed E-state index contributed by atoms with van der Waals surface area (Å²) in [4.78, 5) is 19.4. The van der Waals surface area contributed by atoms with E-state index in [9.17, 15) is 13.9 Å². The molecule has 3 aliphatic heterocycles. The van der Waals surface area contributed by atoms with Gasteiger partial charge in [-0.15, -0.1) is 0 Å². The van der Waals surface area contributed by atoms with Crippen molar-refractivity contribution in [3.63, 3.8) is 0 Å². The lowest BCUT2D eigenvalue weighted by molar-refractivity contribution is 0.197. The highest BCUT2D eigenvalue weighted by Crippen LogP contribution is 2.41. The molecule has 2 atom stereocenters. The number of benzene rings is 1. The molecular formula is C23H36N4O3S. The maximum atomic E-state index is 12.7. The quantitative estimate of drug-likeness (QED) is 0.658. The summed E-state index contributed by atoms with van der Waals surface area (Å²) < 4.78 is 19.6. The minimum atomic E-state index is -2.36. The van der Waals surface area contributed by atoms with Crippen LogP contribution in [0.4, 0.5) is 16.2 Å². The van der Waals surface area contributed by atoms with Crippen LogP contribution in [0.3, 0.4) is 0 Å². The van der Waals surface area contributed by atoms with Gasteiger partial charge in [0.05, 0.1) is 11.5 Å². The first kappa shape index (κ1) is 21.2. The molecule has 0 radical (unpaired) electrons. The average Bonchev–Trinajstić information content (AvgIpc) is 3.34. The highest BCUT2D eigenvalue weighted by molar-refractivity contribution is 8.24. The van der Waals surface area contributed by atoms with Gasteiger partial charge in [-0.3, -0.25) is 9.11 Å². The van der Waals surface area contributed by atoms with Crippen molar-refractivity contribution < 1.29 is 13.9 Å². The molecule has 31 heavy (non-hydrogen) atoms. The van der Waals surface area contributed by atoms with Crippen molar-refractivity contribution in [2.24, 2.45) is 11.8 Å². The molecule has 3 N–H and O–H groups in total. The summed E-state index contributed by atoms with van der Waals surface area (Å²) in [7, 11) is -2.36. The number of carbonyl (C=O) groups excluding carboxylic acids is 1. The predicted molar refractivity (Wildman–Crippen MR) is 127 cm³/mol. The molecule has 0 aromatic heterocycles. The zero-order valence-electron chi connectivity index (χ0n) is 18.3. The second-order valence-corrected chi connectivity index (χ2v) is 12.2. The van der Waals surface area contributed by atoms with Crippen LogP contribution in [0.1, 0.15) is 32.1 Å². The summed E-state index contributed by atoms with van der Waals surface area (Å²) >= 11 is 0. The van der Waals surface area contributed by atoms with Crippen LogP contribution >= 0.6 is 10.6 Å². The number of likely N-dealkylation sites (tertiary alicyclic amines) is 1. The minimum Gasteiger partial charge on any atom is -0.371 e. The minimum absolute atomic E-state index is 0.148. The molecule has 0 bridgehead atoms. The second-order valence-electron chi connectivity index (χ2n) is 9.83. The van der Waals surface area contributed by atoms with E-state index in [1.807, 2.05) is 4.90 Å². The molecule has 1 saturated carbocycles. The molecule has 172 valence electrons. The van der Waals surface area contributed by atoms with Gasteiger partial charge in [0.25, 0.3) is 0 Å². The first-order valence-corrected chi connectivity index (χ1v) is 13.7. The first-order valence-electron chi connectivity index (χ1n) is 11.9. The van der Waals surface area contributed by atoms with Gasteiger partial charge in [0.1, 0.15) is 0 Å². The van der Waals surface area contributed by atoms with E-state index in [-0.39, 0.29) is 6.03 Å². The molecule has 5 rings (SSSR count). The zero-order valence-corrected chi connectivity index (χ0v) is 19.1. The first-order chi connectivity index (χ1) is 15.0. The highest BCUT2D eigenvalue weighted by Gasteiger charge is 2.42. The van der Waals surface area contributed by atoms with Gasteiger partial charge in [-0.05, 0) is 37.1 Å². The molecule has 1 aromatic carbocycles. The summed E-state index contributed by atoms with van der Waals surface area (Å²) in [6.07, 6.45) is 6.06. The van der Waals surface area contributed by atoms with Gasteiger partial charge >= 0.3 is 6.03 Å². The summed E-state index contributed by atoms with van der Waals surface area (Å²) in [5, 5.41) is 3.27. The number of hydrogen-bond donors (Lipinski definition) is 3. The van der Waals surface area contributed by atoms with Crippen molar-refractivity contribution in [1.29, 1.82) is 0 Å². The lowest BCUT2D eigenvalue weighted by Crippen LogP contribution is -2.45. The second kappa shape index (κ2) is 8.71. The Labute approximate surface area is 187 Å². The van der Waals surface area contributed by atoms with Gasteiger partial charge < -0.3 is 20.0 Å². The molecule has 2 amide bonds. The fraction of sp³-hybridized carbons (Fsp3) is 0.696. The molecular weight excluding hydrogens is 412 g/mol. The Morgan fingerprint density at radius 1 is 0.839 bits per heavy atom. The summed E-state index contributed by atoms with van der Waals surface area (Å²) in [5.41, 5.74) is 2.40. The van der Waals surface area contributed by atoms with E-state index in [4.69, 9.17) is 0 Å². The maximum absolute atomic E-state index is 12.7. The third-order valence-corrected chi connectivity index (χ3v) is 9.34. The number of carbonyl (C=O) groups is 1. The normalized spacial score (nSPS) is 29.7. The Bertz CT molecular complexity index is 760. The van der Waals surface area contributed by atoms with Crippen molar-refractivity contribution in [1.82, 2.24) is 10.2 Å². The van der Waals surface area contributed by atoms with Crippen LogP contribution in [0.2, 0.25) is 0 Å². The summed E-state index contributed by atoms with van der Waals surface area (Å²) in [6, 6.07) is 9.22. The van der Waals surface area contributed by atoms with Crippen LogP contribution in [0.25, 0.3) is 0 Å². The molecule has 7 nitrogen and oxygen atoms in total. The van der Waals surface area contributed by atoms with Gasteiger partial charge in [0, 0.05) is 68.5 Å². The molecule has 1 aliphatic carbocycles. The fourth-order valence-electron chi connectivity index (χ4n) is 5.74. The van der Waals surface area contributed by atoms with E-state index in [0.29, 0.717) is 42.5 Å². The number of amides is 2. The molecule has 3 saturated heterocycles. The van der Waals surface area contributed by atoms with E-state index >= 15 is 0 Å². The Morgan fingerprint density at radius 3 is 1.97 bits per heavy atom. The van der Waals surface area contributed by atoms with E-state index in [1.165, 1.54) is 24.9 Å². The molecule has 4 fully saturated rings. The Hall–Kier alpha value is -1.64. The van der Waals surface area contributed by atoms with Crippen LogP contribution in [-0.2, 0) is 0 Å². The standard InChI is InChI=1S/C23H36N4O3S/c28-23(24-20-4-2-1-3-5-20)27-16-18-14-26(15-19(18)17-27)22-8-6-21(7-9-22)25-10-12-31(29,30)13-11-25/h6-9,18-20,29-30H,1-5,10-17H2,(H,24,28)/t18-,19+. The molecule has 0 unspecified atom stereocenters. The number of anilines is 2. The molecule has 4 aliphatic rings. The topological polar surface area (TPSA) is 79.3 Å². The Balaban J connectivity index is 1.12. The van der Waals surface area contributed by atoms with Crippen LogP contribution in [0.5, 0.6) is 0 Å². The lowest BCUT2D eigenvalue weighted by atomic mass is 9.96. The van der Waals surface area contributed by atoms with Crippen molar-refractivity contribution >= 4 is 28.0 Å². The van der Waals surface area contributed by atoms with E-state index < -0.39 is 10.6 Å². The van der Waals surface area contributed by atoms with Gasteiger partial charge in [0.15, 0.2) is 0 Å². The van der Waals surface area contributed by atoms with Gasteiger partial charge in [-0.1, -0.05) is 19.3 Å². The number of urea groups is 1. The van der Waals surface area contributed by atoms with E-state index in [1.54, 1.807) is 0 Å². The van der Waals surface area contributed by atoms with Crippen molar-refractivity contribution in [3.05, 3.63) is 24.3 Å². The van der Waals surface area contributed by atoms with Gasteiger partial charge in [-0.25, -0.2) is 4.79 Å². The molecule has 3 heterocycles. The SMILES string of the molecule is O=C(NC1CCCCC1)N1C[C@@H]2CN(c3ccc(N4CCS(O)(O)CC4)cc3)C[C@@H]2C1. The lowest BCUT2D eigenvalue weighted by Gasteiger charge is -2.42. The average molecular weight is 449 g/mol. The van der Waals surface area contributed by atoms with Crippen molar-refractivity contribution in [2.45, 2.75) is 38.1 Å². The Morgan fingerprint density at radius 2 is 1.39 bits per heavy atom. The third-order valence-electron chi connectivity index (χ3n) is 7.66. The zero-order chi connectivity index (χ0) is 21.4. The number of hydrogen-bond acceptors (Lipinski definition) is 5. The van der Waals surface area contributed by atoms with Crippen molar-refractivity contribution in [2.75, 3.05) is 60.6 Å². The predicted octanol–water partition coefficient (Wildman–Crippen LogP) is 3.67. The van der Waals surface area contributed by atoms with E-state index in [0.717, 1.165) is 44.7 Å². The van der Waals surface area contributed by atoms with Crippen LogP contribution in [-0.4, -0.2) is 76.9 Å². The van der Waals surface area contributed by atoms with Crippen LogP contribution in [0, 0.1) is 11.8 Å². The number of fused-ring (bicyclic) bond motifs is 1. The van der Waals surface area contributed by atoms with Crippen LogP contribution in [0.15, 0.2) is 24.3 Å². The Kier molecular flexibility index (Phi) is 5.96. The largest absolute Gasteiger partial charge is 0.371 e. The van der Waals surface area contributed by atoms with Crippen molar-refractivity contribution in [3.8, 4) is 0 Å². The smallest absolute Gasteiger partial charge is 0.317 e. The van der Waals surface area contributed by atoms with Crippen LogP contribution < -0.4 is 15.1 Å². The number of rotatable bonds is 3. The fourth-order valence-corrected chi connectivity index (χ4v) is 6.97. The third kappa shape index (κ3) is 4.76. The summed E-state index contributed by atoms with van der Waals surface area (Å²) in [5.74, 6) is 2.05. The molecule has 0 spiro atoms. The molecule has 8 heteroatoms. The van der Waals surface area contributed by atoms with E-state index in [2.05, 4.69) is 39.4 Å². The monoisotopic (exact) mass is 448 g/mol. The van der Waals surface area contributed by atoms with Gasteiger partial charge in [-0.2, -0.15) is 10.6 Å².